The third-order valence-corrected chi connectivity index (χ3v) is 7.53. The molecule has 0 N–H and O–H groups in total. The second-order valence-electron chi connectivity index (χ2n) is 11.0. The molecule has 0 bridgehead atoms. The van der Waals surface area contributed by atoms with Crippen LogP contribution in [0.1, 0.15) is 101 Å². The lowest BCUT2D eigenvalue weighted by Crippen LogP contribution is -2.43. The molecule has 1 aliphatic heterocycles. The number of hydrogen-bond acceptors (Lipinski definition) is 6. The van der Waals surface area contributed by atoms with Crippen LogP contribution in [0.3, 0.4) is 0 Å². The minimum absolute atomic E-state index is 0.135. The fraction of sp³-hybridized carbons (Fsp3) is 0.500. The zero-order chi connectivity index (χ0) is 28.0. The van der Waals surface area contributed by atoms with E-state index in [0.29, 0.717) is 23.4 Å². The van der Waals surface area contributed by atoms with E-state index in [4.69, 9.17) is 14.5 Å². The van der Waals surface area contributed by atoms with Crippen LogP contribution in [0.5, 0.6) is 5.75 Å². The highest BCUT2D eigenvalue weighted by Gasteiger charge is 2.48. The van der Waals surface area contributed by atoms with Crippen molar-refractivity contribution in [2.75, 3.05) is 6.61 Å². The van der Waals surface area contributed by atoms with Gasteiger partial charge < -0.3 is 9.47 Å². The van der Waals surface area contributed by atoms with Gasteiger partial charge in [-0.2, -0.15) is 0 Å². The number of benzene rings is 2. The summed E-state index contributed by atoms with van der Waals surface area (Å²) in [5, 5.41) is 0. The molecule has 1 fully saturated rings. The molecule has 39 heavy (non-hydrogen) atoms. The number of aliphatic imine (C=N–C) groups is 1. The van der Waals surface area contributed by atoms with Gasteiger partial charge in [0.2, 0.25) is 0 Å². The van der Waals surface area contributed by atoms with Gasteiger partial charge in [-0.15, -0.1) is 0 Å². The van der Waals surface area contributed by atoms with E-state index in [9.17, 15) is 14.4 Å². The number of ether oxygens (including phenoxy) is 2. The molecule has 0 saturated heterocycles. The van der Waals surface area contributed by atoms with Crippen molar-refractivity contribution in [3.05, 3.63) is 65.2 Å². The Bertz CT molecular complexity index is 1230. The average Bonchev–Trinajstić information content (AvgIpc) is 3.17. The predicted molar refractivity (Wildman–Crippen MR) is 151 cm³/mol. The van der Waals surface area contributed by atoms with E-state index in [1.54, 1.807) is 57.2 Å². The highest BCUT2D eigenvalue weighted by Crippen LogP contribution is 2.38. The molecular formula is C32H40N2O5. The zero-order valence-corrected chi connectivity index (χ0v) is 23.6. The van der Waals surface area contributed by atoms with Crippen LogP contribution in [0.2, 0.25) is 0 Å². The van der Waals surface area contributed by atoms with Gasteiger partial charge in [-0.3, -0.25) is 19.5 Å². The van der Waals surface area contributed by atoms with Gasteiger partial charge in [-0.25, -0.2) is 4.79 Å². The first kappa shape index (κ1) is 28.5. The number of esters is 1. The van der Waals surface area contributed by atoms with E-state index in [0.717, 1.165) is 56.3 Å². The SMILES string of the molecule is CCCCC1=NC2(CCCCC2)C(=O)N1Cc1ccc(C(=O)c2cccc(OC(C)(C)C(=O)OCC)c2)cc1. The number of rotatable bonds is 11. The number of amides is 1. The van der Waals surface area contributed by atoms with E-state index < -0.39 is 17.1 Å². The van der Waals surface area contributed by atoms with E-state index in [1.807, 2.05) is 17.0 Å². The van der Waals surface area contributed by atoms with Crippen LogP contribution in [-0.4, -0.2) is 46.1 Å². The molecule has 1 saturated carbocycles. The first-order valence-electron chi connectivity index (χ1n) is 14.2. The van der Waals surface area contributed by atoms with Crippen molar-refractivity contribution in [3.63, 3.8) is 0 Å². The van der Waals surface area contributed by atoms with E-state index in [-0.39, 0.29) is 18.3 Å². The molecule has 0 unspecified atom stereocenters. The maximum atomic E-state index is 13.5. The van der Waals surface area contributed by atoms with E-state index in [1.165, 1.54) is 6.42 Å². The summed E-state index contributed by atoms with van der Waals surface area (Å²) in [5.41, 5.74) is 0.221. The molecule has 2 aromatic carbocycles. The van der Waals surface area contributed by atoms with Crippen molar-refractivity contribution in [1.29, 1.82) is 0 Å². The topological polar surface area (TPSA) is 85.3 Å². The van der Waals surface area contributed by atoms with Crippen LogP contribution in [-0.2, 0) is 20.9 Å². The van der Waals surface area contributed by atoms with Crippen LogP contribution in [0.4, 0.5) is 0 Å². The van der Waals surface area contributed by atoms with Crippen molar-refractivity contribution in [2.24, 2.45) is 4.99 Å². The van der Waals surface area contributed by atoms with Crippen LogP contribution >= 0.6 is 0 Å². The zero-order valence-electron chi connectivity index (χ0n) is 23.6. The smallest absolute Gasteiger partial charge is 0.349 e. The molecule has 0 atom stereocenters. The summed E-state index contributed by atoms with van der Waals surface area (Å²) in [4.78, 5) is 45.9. The monoisotopic (exact) mass is 532 g/mol. The Labute approximate surface area is 231 Å². The largest absolute Gasteiger partial charge is 0.476 e. The Morgan fingerprint density at radius 3 is 2.38 bits per heavy atom. The van der Waals surface area contributed by atoms with Crippen LogP contribution in [0, 0.1) is 0 Å². The average molecular weight is 533 g/mol. The van der Waals surface area contributed by atoms with Gasteiger partial charge in [0, 0.05) is 17.5 Å². The number of ketones is 1. The molecule has 2 aromatic rings. The lowest BCUT2D eigenvalue weighted by atomic mass is 9.82. The third kappa shape index (κ3) is 6.40. The second kappa shape index (κ2) is 12.1. The Morgan fingerprint density at radius 1 is 1.00 bits per heavy atom. The number of amidine groups is 1. The van der Waals surface area contributed by atoms with Gasteiger partial charge in [-0.05, 0) is 57.7 Å². The normalized spacial score (nSPS) is 16.8. The van der Waals surface area contributed by atoms with Gasteiger partial charge in [0.05, 0.1) is 13.2 Å². The molecule has 1 spiro atoms. The molecule has 1 heterocycles. The Balaban J connectivity index is 1.46. The molecule has 0 aromatic heterocycles. The lowest BCUT2D eigenvalue weighted by molar-refractivity contribution is -0.158. The maximum absolute atomic E-state index is 13.5. The Morgan fingerprint density at radius 2 is 1.72 bits per heavy atom. The lowest BCUT2D eigenvalue weighted by Gasteiger charge is -2.29. The van der Waals surface area contributed by atoms with Crippen molar-refractivity contribution >= 4 is 23.5 Å². The number of hydrogen-bond donors (Lipinski definition) is 0. The van der Waals surface area contributed by atoms with Gasteiger partial charge in [0.1, 0.15) is 17.1 Å². The summed E-state index contributed by atoms with van der Waals surface area (Å²) in [6.07, 6.45) is 7.81. The van der Waals surface area contributed by atoms with E-state index in [2.05, 4.69) is 6.92 Å². The second-order valence-corrected chi connectivity index (χ2v) is 11.0. The van der Waals surface area contributed by atoms with Gasteiger partial charge >= 0.3 is 5.97 Å². The minimum Gasteiger partial charge on any atom is -0.476 e. The highest BCUT2D eigenvalue weighted by molar-refractivity contribution is 6.09. The van der Waals surface area contributed by atoms with Crippen molar-refractivity contribution < 1.29 is 23.9 Å². The molecule has 0 radical (unpaired) electrons. The molecular weight excluding hydrogens is 492 g/mol. The Kier molecular flexibility index (Phi) is 8.88. The number of unbranched alkanes of at least 4 members (excludes halogenated alkanes) is 1. The van der Waals surface area contributed by atoms with Gasteiger partial charge in [-0.1, -0.05) is 69.0 Å². The van der Waals surface area contributed by atoms with Crippen LogP contribution in [0.25, 0.3) is 0 Å². The maximum Gasteiger partial charge on any atom is 0.349 e. The van der Waals surface area contributed by atoms with E-state index >= 15 is 0 Å². The first-order valence-corrected chi connectivity index (χ1v) is 14.2. The molecule has 1 amide bonds. The third-order valence-electron chi connectivity index (χ3n) is 7.53. The van der Waals surface area contributed by atoms with Gasteiger partial charge in [0.25, 0.3) is 5.91 Å². The highest BCUT2D eigenvalue weighted by atomic mass is 16.6. The van der Waals surface area contributed by atoms with Crippen LogP contribution in [0.15, 0.2) is 53.5 Å². The summed E-state index contributed by atoms with van der Waals surface area (Å²) >= 11 is 0. The summed E-state index contributed by atoms with van der Waals surface area (Å²) in [6.45, 7) is 7.89. The fourth-order valence-electron chi connectivity index (χ4n) is 5.33. The Hall–Kier alpha value is -3.48. The number of carbonyl (C=O) groups is 3. The summed E-state index contributed by atoms with van der Waals surface area (Å²) in [6, 6.07) is 14.2. The minimum atomic E-state index is -1.18. The fourth-order valence-corrected chi connectivity index (χ4v) is 5.33. The van der Waals surface area contributed by atoms with Gasteiger partial charge in [0.15, 0.2) is 11.4 Å². The van der Waals surface area contributed by atoms with Crippen molar-refractivity contribution in [2.45, 2.75) is 96.7 Å². The summed E-state index contributed by atoms with van der Waals surface area (Å²) < 4.78 is 10.9. The summed E-state index contributed by atoms with van der Waals surface area (Å²) in [7, 11) is 0. The van der Waals surface area contributed by atoms with Crippen LogP contribution < -0.4 is 4.74 Å². The standard InChI is InChI=1S/C32H40N2O5/c1-5-7-14-27-33-32(19-9-8-10-20-32)29(36)34(27)22-23-15-17-24(18-16-23)28(35)25-12-11-13-26(21-25)39-31(3,4)30(37)38-6-2/h11-13,15-18,21H,5-10,14,19-20,22H2,1-4H3. The van der Waals surface area contributed by atoms with Crippen molar-refractivity contribution in [3.8, 4) is 5.75 Å². The molecule has 4 rings (SSSR count). The van der Waals surface area contributed by atoms with Crippen molar-refractivity contribution in [1.82, 2.24) is 4.90 Å². The quantitative estimate of drug-likeness (QED) is 0.251. The number of carbonyl (C=O) groups excluding carboxylic acids is 3. The first-order chi connectivity index (χ1) is 18.7. The predicted octanol–water partition coefficient (Wildman–Crippen LogP) is 6.27. The number of nitrogens with zero attached hydrogens (tertiary/aromatic N) is 2. The molecule has 208 valence electrons. The molecule has 7 nitrogen and oxygen atoms in total. The molecule has 1 aliphatic carbocycles. The molecule has 2 aliphatic rings. The summed E-state index contributed by atoms with van der Waals surface area (Å²) in [5.74, 6) is 0.844. The molecule has 7 heteroatoms.